The molecule has 0 saturated heterocycles. The van der Waals surface area contributed by atoms with Crippen molar-refractivity contribution in [2.45, 2.75) is 25.6 Å². The zero-order valence-electron chi connectivity index (χ0n) is 8.23. The van der Waals surface area contributed by atoms with Crippen molar-refractivity contribution >= 4 is 11.6 Å². The lowest BCUT2D eigenvalue weighted by Gasteiger charge is -2.17. The molecular weight excluding hydrogens is 206 g/mol. The average molecular weight is 219 g/mol. The molecule has 1 aromatic carbocycles. The average Bonchev–Trinajstić information content (AvgIpc) is 2.19. The van der Waals surface area contributed by atoms with Crippen LogP contribution in [0.1, 0.15) is 31.2 Å². The summed E-state index contributed by atoms with van der Waals surface area (Å²) in [6.45, 7) is 3.89. The second-order valence-electron chi connectivity index (χ2n) is 3.45. The van der Waals surface area contributed by atoms with E-state index in [1.54, 1.807) is 0 Å². The summed E-state index contributed by atoms with van der Waals surface area (Å²) in [5, 5.41) is -0.462. The van der Waals surface area contributed by atoms with Crippen LogP contribution in [0.5, 0.6) is 0 Å². The van der Waals surface area contributed by atoms with Crippen LogP contribution < -0.4 is 0 Å². The molecule has 14 heavy (non-hydrogen) atoms. The van der Waals surface area contributed by atoms with E-state index < -0.39 is 17.0 Å². The van der Waals surface area contributed by atoms with E-state index in [2.05, 4.69) is 0 Å². The lowest BCUT2D eigenvalue weighted by molar-refractivity contribution is 0.510. The van der Waals surface area contributed by atoms with Crippen molar-refractivity contribution in [1.82, 2.24) is 0 Å². The Morgan fingerprint density at radius 1 is 1.36 bits per heavy atom. The van der Waals surface area contributed by atoms with Crippen molar-refractivity contribution in [3.63, 3.8) is 0 Å². The third-order valence-electron chi connectivity index (χ3n) is 2.40. The highest BCUT2D eigenvalue weighted by Crippen LogP contribution is 2.32. The van der Waals surface area contributed by atoms with E-state index in [-0.39, 0.29) is 11.5 Å². The summed E-state index contributed by atoms with van der Waals surface area (Å²) in [6.07, 6.45) is 0.837. The van der Waals surface area contributed by atoms with Gasteiger partial charge in [-0.2, -0.15) is 0 Å². The lowest BCUT2D eigenvalue weighted by Crippen LogP contribution is -2.05. The molecule has 0 saturated carbocycles. The van der Waals surface area contributed by atoms with Crippen molar-refractivity contribution in [3.05, 3.63) is 35.4 Å². The van der Waals surface area contributed by atoms with Crippen LogP contribution in [0.3, 0.4) is 0 Å². The lowest BCUT2D eigenvalue weighted by atomic mass is 9.98. The molecule has 0 bridgehead atoms. The second-order valence-corrected chi connectivity index (χ2v) is 3.92. The predicted molar refractivity (Wildman–Crippen MR) is 54.4 cm³/mol. The van der Waals surface area contributed by atoms with E-state index in [1.807, 2.05) is 13.8 Å². The van der Waals surface area contributed by atoms with Crippen molar-refractivity contribution in [2.75, 3.05) is 0 Å². The van der Waals surface area contributed by atoms with Gasteiger partial charge < -0.3 is 0 Å². The Labute approximate surface area is 87.9 Å². The third-order valence-corrected chi connectivity index (χ3v) is 3.06. The number of benzene rings is 1. The van der Waals surface area contributed by atoms with Crippen LogP contribution in [-0.2, 0) is 0 Å². The van der Waals surface area contributed by atoms with E-state index in [0.29, 0.717) is 0 Å². The Balaban J connectivity index is 2.99. The molecule has 1 rings (SSSR count). The van der Waals surface area contributed by atoms with Gasteiger partial charge in [0, 0.05) is 5.56 Å². The Kier molecular flexibility index (Phi) is 3.87. The fourth-order valence-electron chi connectivity index (χ4n) is 1.24. The fourth-order valence-corrected chi connectivity index (χ4v) is 1.58. The minimum absolute atomic E-state index is 0.132. The van der Waals surface area contributed by atoms with Crippen LogP contribution >= 0.6 is 11.6 Å². The van der Waals surface area contributed by atoms with Gasteiger partial charge in [0.15, 0.2) is 0 Å². The van der Waals surface area contributed by atoms with Gasteiger partial charge in [0.1, 0.15) is 11.6 Å². The first-order valence-corrected chi connectivity index (χ1v) is 5.09. The smallest absolute Gasteiger partial charge is 0.128 e. The number of hydrogen-bond acceptors (Lipinski definition) is 0. The van der Waals surface area contributed by atoms with Crippen LogP contribution in [-0.4, -0.2) is 0 Å². The maximum atomic E-state index is 13.3. The Morgan fingerprint density at radius 2 is 2.00 bits per heavy atom. The van der Waals surface area contributed by atoms with E-state index in [9.17, 15) is 8.78 Å². The maximum Gasteiger partial charge on any atom is 0.128 e. The zero-order chi connectivity index (χ0) is 10.7. The normalized spacial score (nSPS) is 15.2. The zero-order valence-corrected chi connectivity index (χ0v) is 8.98. The quantitative estimate of drug-likeness (QED) is 0.664. The summed E-state index contributed by atoms with van der Waals surface area (Å²) in [7, 11) is 0. The molecule has 0 heterocycles. The highest BCUT2D eigenvalue weighted by atomic mass is 35.5. The van der Waals surface area contributed by atoms with Gasteiger partial charge in [0.05, 0.1) is 5.38 Å². The van der Waals surface area contributed by atoms with E-state index in [1.165, 1.54) is 6.07 Å². The molecule has 0 radical (unpaired) electrons. The number of alkyl halides is 1. The predicted octanol–water partition coefficient (Wildman–Crippen LogP) is 4.29. The topological polar surface area (TPSA) is 0 Å². The summed E-state index contributed by atoms with van der Waals surface area (Å²) in [4.78, 5) is 0. The summed E-state index contributed by atoms with van der Waals surface area (Å²) in [6, 6.07) is 3.38. The van der Waals surface area contributed by atoms with Gasteiger partial charge >= 0.3 is 0 Å². The molecule has 3 heteroatoms. The van der Waals surface area contributed by atoms with Crippen molar-refractivity contribution in [2.24, 2.45) is 5.92 Å². The van der Waals surface area contributed by atoms with Gasteiger partial charge in [-0.05, 0) is 24.1 Å². The molecule has 78 valence electrons. The van der Waals surface area contributed by atoms with Crippen LogP contribution in [0.4, 0.5) is 8.78 Å². The monoisotopic (exact) mass is 218 g/mol. The molecule has 0 aromatic heterocycles. The van der Waals surface area contributed by atoms with Crippen LogP contribution in [0, 0.1) is 17.6 Å². The van der Waals surface area contributed by atoms with Gasteiger partial charge in [-0.25, -0.2) is 8.78 Å². The molecule has 0 spiro atoms. The molecule has 1 aromatic rings. The minimum Gasteiger partial charge on any atom is -0.207 e. The number of halogens is 3. The Bertz CT molecular complexity index is 312. The molecule has 0 aliphatic carbocycles. The summed E-state index contributed by atoms with van der Waals surface area (Å²) in [5.74, 6) is -0.755. The SMILES string of the molecule is CCC(C)C(Cl)c1cc(F)ccc1F. The fraction of sp³-hybridized carbons (Fsp3) is 0.455. The first kappa shape index (κ1) is 11.4. The van der Waals surface area contributed by atoms with Crippen LogP contribution in [0.2, 0.25) is 0 Å². The van der Waals surface area contributed by atoms with Gasteiger partial charge in [-0.1, -0.05) is 20.3 Å². The molecule has 0 aliphatic rings. The molecule has 0 amide bonds. The summed E-state index contributed by atoms with van der Waals surface area (Å²) in [5.41, 5.74) is 0.251. The molecule has 0 N–H and O–H groups in total. The van der Waals surface area contributed by atoms with Gasteiger partial charge in [-0.15, -0.1) is 11.6 Å². The molecule has 2 unspecified atom stereocenters. The molecule has 2 atom stereocenters. The summed E-state index contributed by atoms with van der Waals surface area (Å²) >= 11 is 6.03. The number of rotatable bonds is 3. The van der Waals surface area contributed by atoms with Gasteiger partial charge in [-0.3, -0.25) is 0 Å². The van der Waals surface area contributed by atoms with Gasteiger partial charge in [0.25, 0.3) is 0 Å². The molecule has 0 fully saturated rings. The molecular formula is C11H13ClF2. The van der Waals surface area contributed by atoms with E-state index >= 15 is 0 Å². The van der Waals surface area contributed by atoms with Crippen molar-refractivity contribution in [3.8, 4) is 0 Å². The highest BCUT2D eigenvalue weighted by molar-refractivity contribution is 6.21. The number of hydrogen-bond donors (Lipinski definition) is 0. The van der Waals surface area contributed by atoms with E-state index in [4.69, 9.17) is 11.6 Å². The summed E-state index contributed by atoms with van der Waals surface area (Å²) < 4.78 is 26.1. The highest BCUT2D eigenvalue weighted by Gasteiger charge is 2.19. The third kappa shape index (κ3) is 2.44. The second kappa shape index (κ2) is 4.74. The van der Waals surface area contributed by atoms with Crippen molar-refractivity contribution in [1.29, 1.82) is 0 Å². The maximum absolute atomic E-state index is 13.3. The van der Waals surface area contributed by atoms with Crippen LogP contribution in [0.25, 0.3) is 0 Å². The van der Waals surface area contributed by atoms with Gasteiger partial charge in [0.2, 0.25) is 0 Å². The van der Waals surface area contributed by atoms with Crippen LogP contribution in [0.15, 0.2) is 18.2 Å². The largest absolute Gasteiger partial charge is 0.207 e. The first-order chi connectivity index (χ1) is 6.56. The standard InChI is InChI=1S/C11H13ClF2/c1-3-7(2)11(12)9-6-8(13)4-5-10(9)14/h4-7,11H,3H2,1-2H3. The molecule has 0 aliphatic heterocycles. The Morgan fingerprint density at radius 3 is 2.57 bits per heavy atom. The first-order valence-electron chi connectivity index (χ1n) is 4.65. The minimum atomic E-state index is -0.462. The Hall–Kier alpha value is -0.630. The van der Waals surface area contributed by atoms with E-state index in [0.717, 1.165) is 18.6 Å². The molecule has 0 nitrogen and oxygen atoms in total. The van der Waals surface area contributed by atoms with Crippen molar-refractivity contribution < 1.29 is 8.78 Å².